The predicted molar refractivity (Wildman–Crippen MR) is 326 cm³/mol. The van der Waals surface area contributed by atoms with Gasteiger partial charge in [-0.25, -0.2) is 9.97 Å². The third-order valence-corrected chi connectivity index (χ3v) is 17.3. The van der Waals surface area contributed by atoms with E-state index in [9.17, 15) is 0 Å². The summed E-state index contributed by atoms with van der Waals surface area (Å²) in [6.07, 6.45) is 0. The molecule has 0 amide bonds. The van der Waals surface area contributed by atoms with E-state index in [2.05, 4.69) is 261 Å². The van der Waals surface area contributed by atoms with Crippen molar-refractivity contribution >= 4 is 142 Å². The summed E-state index contributed by atoms with van der Waals surface area (Å²) in [4.78, 5) is 11.8. The van der Waals surface area contributed by atoms with E-state index in [-0.39, 0.29) is 0 Å². The summed E-state index contributed by atoms with van der Waals surface area (Å²) < 4.78 is 9.69. The van der Waals surface area contributed by atoms with Gasteiger partial charge in [-0.1, -0.05) is 170 Å². The monoisotopic (exact) mass is 988 g/mol. The van der Waals surface area contributed by atoms with Crippen LogP contribution >= 0.6 is 0 Å². The smallest absolute Gasteiger partial charge is 0.165 e. The molecular weight excluding hydrogens is 949 g/mol. The predicted octanol–water partition coefficient (Wildman–Crippen LogP) is 18.6. The molecule has 7 heterocycles. The van der Waals surface area contributed by atoms with Crippen LogP contribution in [0, 0.1) is 0 Å². The third kappa shape index (κ3) is 5.07. The molecule has 12 aromatic carbocycles. The third-order valence-electron chi connectivity index (χ3n) is 17.3. The average molecular weight is 989 g/mol. The van der Waals surface area contributed by atoms with Crippen molar-refractivity contribution in [2.24, 2.45) is 0 Å². The van der Waals surface area contributed by atoms with Gasteiger partial charge in [0.25, 0.3) is 0 Å². The van der Waals surface area contributed by atoms with E-state index in [0.29, 0.717) is 0 Å². The maximum atomic E-state index is 5.90. The number of hydrogen-bond acceptors (Lipinski definition) is 2. The van der Waals surface area contributed by atoms with Gasteiger partial charge < -0.3 is 9.13 Å². The summed E-state index contributed by atoms with van der Waals surface area (Å²) in [6.45, 7) is 0. The molecule has 0 aliphatic rings. The summed E-state index contributed by atoms with van der Waals surface area (Å²) in [5.41, 5.74) is 19.8. The second kappa shape index (κ2) is 14.6. The molecule has 0 fully saturated rings. The molecule has 0 atom stereocenters. The molecule has 0 aliphatic carbocycles. The second-order valence-electron chi connectivity index (χ2n) is 21.2. The Morgan fingerprint density at radius 1 is 0.256 bits per heavy atom. The first kappa shape index (κ1) is 40.8. The lowest BCUT2D eigenvalue weighted by molar-refractivity contribution is 1.18. The fraction of sp³-hybridized carbons (Fsp3) is 0. The Labute approximate surface area is 443 Å². The highest BCUT2D eigenvalue weighted by Crippen LogP contribution is 2.49. The highest BCUT2D eigenvalue weighted by atomic mass is 15.1. The van der Waals surface area contributed by atoms with Crippen LogP contribution in [0.25, 0.3) is 175 Å². The van der Waals surface area contributed by atoms with Crippen LogP contribution in [0.2, 0.25) is 0 Å². The Kier molecular flexibility index (Phi) is 7.65. The van der Waals surface area contributed by atoms with Gasteiger partial charge in [-0.05, 0) is 105 Å². The number of nitrogens with zero attached hydrogens (tertiary/aromatic N) is 6. The molecule has 0 radical (unpaired) electrons. The van der Waals surface area contributed by atoms with Crippen molar-refractivity contribution in [3.8, 4) is 33.6 Å². The van der Waals surface area contributed by atoms with Crippen LogP contribution < -0.4 is 0 Å². The second-order valence-corrected chi connectivity index (χ2v) is 21.2. The molecule has 0 unspecified atom stereocenters. The van der Waals surface area contributed by atoms with Crippen LogP contribution in [-0.2, 0) is 0 Å². The van der Waals surface area contributed by atoms with Gasteiger partial charge in [-0.2, -0.15) is 0 Å². The molecule has 19 aromatic rings. The molecule has 0 spiro atoms. The molecule has 19 rings (SSSR count). The zero-order valence-electron chi connectivity index (χ0n) is 41.8. The van der Waals surface area contributed by atoms with E-state index in [0.717, 1.165) is 77.7 Å². The van der Waals surface area contributed by atoms with E-state index in [1.165, 1.54) is 97.8 Å². The van der Waals surface area contributed by atoms with Gasteiger partial charge in [0.05, 0.1) is 44.1 Å². The molecule has 358 valence electrons. The summed E-state index contributed by atoms with van der Waals surface area (Å²) in [5.74, 6) is 0. The Hall–Kier alpha value is -10.6. The van der Waals surface area contributed by atoms with Crippen molar-refractivity contribution in [3.63, 3.8) is 0 Å². The van der Waals surface area contributed by atoms with Crippen LogP contribution in [-0.4, -0.2) is 27.9 Å². The van der Waals surface area contributed by atoms with E-state index in [1.54, 1.807) is 0 Å². The van der Waals surface area contributed by atoms with Gasteiger partial charge in [0, 0.05) is 76.4 Å². The van der Waals surface area contributed by atoms with Crippen molar-refractivity contribution in [2.45, 2.75) is 0 Å². The summed E-state index contributed by atoms with van der Waals surface area (Å²) in [5, 5.41) is 16.8. The normalized spacial score (nSPS) is 12.6. The number of aromatic nitrogens is 6. The molecule has 0 N–H and O–H groups in total. The molecule has 0 saturated carbocycles. The number of rotatable bonds is 4. The number of benzene rings is 12. The minimum Gasteiger partial charge on any atom is -0.309 e. The van der Waals surface area contributed by atoms with Crippen molar-refractivity contribution in [2.75, 3.05) is 0 Å². The molecular formula is C72H40N6. The van der Waals surface area contributed by atoms with Gasteiger partial charge in [0.15, 0.2) is 11.3 Å². The molecule has 78 heavy (non-hydrogen) atoms. The Bertz CT molecular complexity index is 5440. The summed E-state index contributed by atoms with van der Waals surface area (Å²) in [6, 6.07) is 89.2. The molecule has 0 saturated heterocycles. The van der Waals surface area contributed by atoms with E-state index >= 15 is 0 Å². The first-order valence-corrected chi connectivity index (χ1v) is 26.8. The first-order valence-electron chi connectivity index (χ1n) is 26.8. The van der Waals surface area contributed by atoms with Crippen LogP contribution in [0.4, 0.5) is 0 Å². The molecule has 0 bridgehead atoms. The van der Waals surface area contributed by atoms with Gasteiger partial charge in [-0.3, -0.25) is 8.80 Å². The lowest BCUT2D eigenvalue weighted by Crippen LogP contribution is -1.94. The Morgan fingerprint density at radius 3 is 1.09 bits per heavy atom. The highest BCUT2D eigenvalue weighted by molar-refractivity contribution is 6.33. The van der Waals surface area contributed by atoms with Crippen LogP contribution in [0.15, 0.2) is 243 Å². The van der Waals surface area contributed by atoms with Gasteiger partial charge >= 0.3 is 0 Å². The van der Waals surface area contributed by atoms with Crippen molar-refractivity contribution < 1.29 is 0 Å². The van der Waals surface area contributed by atoms with Gasteiger partial charge in [0.1, 0.15) is 11.0 Å². The maximum absolute atomic E-state index is 5.90. The SMILES string of the molecule is c1ccc(-n2c3ccccc3c3cc(-c4cc5ccccc5c5c6cccc7c8nc9c(nc8n(c45)c76)c4cccc5c6c7ccccc7cc(-c7ccc8c(c7)c7ccccc7n8-c7ccccc7)c6n9c45)ccc32)cc1. The van der Waals surface area contributed by atoms with E-state index in [1.807, 2.05) is 0 Å². The number of para-hydroxylation sites is 6. The largest absolute Gasteiger partial charge is 0.309 e. The van der Waals surface area contributed by atoms with Crippen LogP contribution in [0.1, 0.15) is 0 Å². The fourth-order valence-electron chi connectivity index (χ4n) is 14.2. The quantitative estimate of drug-likeness (QED) is 0.176. The molecule has 6 nitrogen and oxygen atoms in total. The van der Waals surface area contributed by atoms with Crippen molar-refractivity contribution in [3.05, 3.63) is 243 Å². The lowest BCUT2D eigenvalue weighted by atomic mass is 9.95. The van der Waals surface area contributed by atoms with Gasteiger partial charge in [0.2, 0.25) is 0 Å². The highest BCUT2D eigenvalue weighted by Gasteiger charge is 2.29. The topological polar surface area (TPSA) is 44.5 Å². The average Bonchev–Trinajstić information content (AvgIpc) is 3.85. The summed E-state index contributed by atoms with van der Waals surface area (Å²) >= 11 is 0. The first-order chi connectivity index (χ1) is 38.7. The van der Waals surface area contributed by atoms with Crippen molar-refractivity contribution in [1.82, 2.24) is 27.9 Å². The Morgan fingerprint density at radius 2 is 0.628 bits per heavy atom. The number of hydrogen-bond donors (Lipinski definition) is 0. The molecule has 6 heteroatoms. The Balaban J connectivity index is 0.920. The maximum Gasteiger partial charge on any atom is 0.165 e. The zero-order chi connectivity index (χ0) is 50.5. The fourth-order valence-corrected chi connectivity index (χ4v) is 14.2. The standard InChI is InChI=1S/C72H40N6/c1-3-19-45(20-4-1)75-59-31-13-11-25-49(59)57-39-43(33-35-61(57)75)55-37-41-17-7-9-23-47(41)63-51-27-15-29-53-65-71(77(67(51)53)69(55)63)73-66-54-30-16-28-52-64-48-24-10-8-18-42(48)38-56(70(64)78(68(52)54)72(66)74-65)44-34-36-62-58(40-44)50-26-12-14-32-60(50)76(62)46-21-5-2-6-22-46/h1-40H. The van der Waals surface area contributed by atoms with E-state index in [4.69, 9.17) is 9.97 Å². The minimum absolute atomic E-state index is 0.867. The van der Waals surface area contributed by atoms with Crippen LogP contribution in [0.3, 0.4) is 0 Å². The molecule has 0 aliphatic heterocycles. The van der Waals surface area contributed by atoms with Crippen molar-refractivity contribution in [1.29, 1.82) is 0 Å². The molecule has 7 aromatic heterocycles. The lowest BCUT2D eigenvalue weighted by Gasteiger charge is -2.12. The summed E-state index contributed by atoms with van der Waals surface area (Å²) in [7, 11) is 0. The van der Waals surface area contributed by atoms with Gasteiger partial charge in [-0.15, -0.1) is 0 Å². The zero-order valence-corrected chi connectivity index (χ0v) is 41.8. The minimum atomic E-state index is 0.867. The van der Waals surface area contributed by atoms with Crippen LogP contribution in [0.5, 0.6) is 0 Å². The number of fused-ring (bicyclic) bond motifs is 22. The van der Waals surface area contributed by atoms with E-state index < -0.39 is 0 Å².